The summed E-state index contributed by atoms with van der Waals surface area (Å²) in [5.41, 5.74) is 5.36. The van der Waals surface area contributed by atoms with Gasteiger partial charge in [0.15, 0.2) is 0 Å². The van der Waals surface area contributed by atoms with Gasteiger partial charge in [0, 0.05) is 18.5 Å². The number of hydrogen-bond donors (Lipinski definition) is 0. The van der Waals surface area contributed by atoms with E-state index in [2.05, 4.69) is 79.4 Å². The molecule has 3 aromatic carbocycles. The molecule has 1 fully saturated rings. The van der Waals surface area contributed by atoms with Crippen LogP contribution >= 0.6 is 0 Å². The van der Waals surface area contributed by atoms with Crippen molar-refractivity contribution in [2.45, 2.75) is 44.6 Å². The maximum absolute atomic E-state index is 6.20. The summed E-state index contributed by atoms with van der Waals surface area (Å²) in [7, 11) is 3.46. The first-order valence-corrected chi connectivity index (χ1v) is 12.8. The smallest absolute Gasteiger partial charge is 0.119 e. The van der Waals surface area contributed by atoms with Crippen LogP contribution in [-0.2, 0) is 6.42 Å². The Balaban J connectivity index is 1.37. The fourth-order valence-corrected chi connectivity index (χ4v) is 5.82. The third-order valence-corrected chi connectivity index (χ3v) is 7.86. The second kappa shape index (κ2) is 10.3. The zero-order valence-corrected chi connectivity index (χ0v) is 21.4. The van der Waals surface area contributed by atoms with Gasteiger partial charge in [-0.05, 0) is 96.8 Å². The van der Waals surface area contributed by atoms with E-state index in [4.69, 9.17) is 14.2 Å². The van der Waals surface area contributed by atoms with E-state index in [0.29, 0.717) is 12.0 Å². The summed E-state index contributed by atoms with van der Waals surface area (Å²) >= 11 is 0. The van der Waals surface area contributed by atoms with E-state index < -0.39 is 0 Å². The number of likely N-dealkylation sites (tertiary alicyclic amines) is 1. The van der Waals surface area contributed by atoms with Gasteiger partial charge in [0.1, 0.15) is 23.9 Å². The van der Waals surface area contributed by atoms with Crippen LogP contribution in [0, 0.1) is 5.92 Å². The minimum absolute atomic E-state index is 0.280. The zero-order valence-electron chi connectivity index (χ0n) is 21.4. The molecular weight excluding hydrogens is 434 g/mol. The topological polar surface area (TPSA) is 30.9 Å². The van der Waals surface area contributed by atoms with Crippen LogP contribution in [0.5, 0.6) is 17.2 Å². The number of ether oxygens (including phenoxy) is 3. The Kier molecular flexibility index (Phi) is 7.01. The van der Waals surface area contributed by atoms with Gasteiger partial charge in [-0.15, -0.1) is 0 Å². The summed E-state index contributed by atoms with van der Waals surface area (Å²) < 4.78 is 17.3. The van der Waals surface area contributed by atoms with Crippen molar-refractivity contribution in [3.63, 3.8) is 0 Å². The van der Waals surface area contributed by atoms with E-state index in [1.165, 1.54) is 41.8 Å². The van der Waals surface area contributed by atoms with Gasteiger partial charge in [-0.3, -0.25) is 4.90 Å². The van der Waals surface area contributed by atoms with Crippen molar-refractivity contribution in [1.82, 2.24) is 4.90 Å². The van der Waals surface area contributed by atoms with Crippen molar-refractivity contribution in [2.24, 2.45) is 5.92 Å². The van der Waals surface area contributed by atoms with Crippen LogP contribution in [0.3, 0.4) is 0 Å². The van der Waals surface area contributed by atoms with Crippen molar-refractivity contribution >= 4 is 0 Å². The van der Waals surface area contributed by atoms with Gasteiger partial charge in [-0.25, -0.2) is 0 Å². The third kappa shape index (κ3) is 5.04. The number of benzene rings is 3. The van der Waals surface area contributed by atoms with E-state index in [0.717, 1.165) is 36.2 Å². The van der Waals surface area contributed by atoms with Crippen LogP contribution in [0.4, 0.5) is 0 Å². The molecule has 3 aromatic rings. The predicted octanol–water partition coefficient (Wildman–Crippen LogP) is 6.28. The number of fused-ring (bicyclic) bond motifs is 1. The van der Waals surface area contributed by atoms with E-state index in [1.54, 1.807) is 14.2 Å². The highest BCUT2D eigenvalue weighted by Crippen LogP contribution is 2.49. The summed E-state index contributed by atoms with van der Waals surface area (Å²) in [5.74, 6) is 4.18. The molecule has 4 heteroatoms. The lowest BCUT2D eigenvalue weighted by Gasteiger charge is -2.25. The van der Waals surface area contributed by atoms with Crippen molar-refractivity contribution in [3.8, 4) is 17.2 Å². The highest BCUT2D eigenvalue weighted by Gasteiger charge is 2.35. The molecule has 0 saturated carbocycles. The first-order chi connectivity index (χ1) is 17.1. The molecule has 4 atom stereocenters. The number of methoxy groups -OCH3 is 2. The molecule has 0 amide bonds. The van der Waals surface area contributed by atoms with Crippen LogP contribution in [-0.4, -0.2) is 44.9 Å². The van der Waals surface area contributed by atoms with Gasteiger partial charge in [0.05, 0.1) is 14.2 Å². The van der Waals surface area contributed by atoms with Crippen molar-refractivity contribution in [3.05, 3.63) is 89.0 Å². The van der Waals surface area contributed by atoms with Crippen LogP contribution < -0.4 is 14.2 Å². The molecule has 4 nitrogen and oxygen atoms in total. The van der Waals surface area contributed by atoms with Gasteiger partial charge in [0.2, 0.25) is 0 Å². The Labute approximate surface area is 209 Å². The molecule has 5 rings (SSSR count). The Morgan fingerprint density at radius 1 is 0.886 bits per heavy atom. The van der Waals surface area contributed by atoms with Crippen LogP contribution in [0.1, 0.15) is 54.4 Å². The van der Waals surface area contributed by atoms with E-state index in [-0.39, 0.29) is 5.92 Å². The molecule has 3 unspecified atom stereocenters. The maximum atomic E-state index is 6.20. The van der Waals surface area contributed by atoms with E-state index in [1.807, 2.05) is 6.07 Å². The lowest BCUT2D eigenvalue weighted by Crippen LogP contribution is -2.35. The Bertz CT molecular complexity index is 1140. The molecule has 1 heterocycles. The standard InChI is InChI=1S/C31H37NO3/c1-21-14-15-32(19-21)22(2)20-35-26-10-8-23(9-11-26)31-29-13-12-28(34-4)17-25(29)18-30(31)24-6-5-7-27(16-24)33-3/h5-13,16-17,21-22,30-31H,14-15,18-20H2,1-4H3/t21?,22-,30?,31?/m0/s1. The molecule has 35 heavy (non-hydrogen) atoms. The summed E-state index contributed by atoms with van der Waals surface area (Å²) in [5, 5.41) is 0. The Morgan fingerprint density at radius 2 is 1.63 bits per heavy atom. The van der Waals surface area contributed by atoms with Gasteiger partial charge in [-0.2, -0.15) is 0 Å². The number of hydrogen-bond acceptors (Lipinski definition) is 4. The van der Waals surface area contributed by atoms with Crippen LogP contribution in [0.2, 0.25) is 0 Å². The molecular formula is C31H37NO3. The predicted molar refractivity (Wildman–Crippen MR) is 141 cm³/mol. The van der Waals surface area contributed by atoms with Gasteiger partial charge < -0.3 is 14.2 Å². The molecule has 0 aromatic heterocycles. The van der Waals surface area contributed by atoms with Gasteiger partial charge >= 0.3 is 0 Å². The quantitative estimate of drug-likeness (QED) is 0.387. The fourth-order valence-electron chi connectivity index (χ4n) is 5.82. The normalized spacial score (nSPS) is 22.6. The van der Waals surface area contributed by atoms with Gasteiger partial charge in [-0.1, -0.05) is 37.3 Å². The minimum atomic E-state index is 0.280. The number of rotatable bonds is 8. The second-order valence-corrected chi connectivity index (χ2v) is 10.2. The molecule has 0 bridgehead atoms. The summed E-state index contributed by atoms with van der Waals surface area (Å²) in [6.07, 6.45) is 2.27. The average Bonchev–Trinajstić information content (AvgIpc) is 3.51. The molecule has 184 valence electrons. The van der Waals surface area contributed by atoms with Gasteiger partial charge in [0.25, 0.3) is 0 Å². The second-order valence-electron chi connectivity index (χ2n) is 10.2. The van der Waals surface area contributed by atoms with Crippen molar-refractivity contribution in [1.29, 1.82) is 0 Å². The first-order valence-electron chi connectivity index (χ1n) is 12.8. The fraction of sp³-hybridized carbons (Fsp3) is 0.419. The molecule has 1 aliphatic carbocycles. The minimum Gasteiger partial charge on any atom is -0.497 e. The lowest BCUT2D eigenvalue weighted by atomic mass is 9.82. The first kappa shape index (κ1) is 23.7. The Hall–Kier alpha value is -2.98. The van der Waals surface area contributed by atoms with Crippen LogP contribution in [0.25, 0.3) is 0 Å². The molecule has 1 aliphatic heterocycles. The van der Waals surface area contributed by atoms with Crippen molar-refractivity contribution < 1.29 is 14.2 Å². The highest BCUT2D eigenvalue weighted by atomic mass is 16.5. The maximum Gasteiger partial charge on any atom is 0.119 e. The molecule has 2 aliphatic rings. The summed E-state index contributed by atoms with van der Waals surface area (Å²) in [6.45, 7) is 7.70. The molecule has 0 spiro atoms. The third-order valence-electron chi connectivity index (χ3n) is 7.86. The number of nitrogens with zero attached hydrogens (tertiary/aromatic N) is 1. The van der Waals surface area contributed by atoms with E-state index >= 15 is 0 Å². The monoisotopic (exact) mass is 471 g/mol. The Morgan fingerprint density at radius 3 is 2.34 bits per heavy atom. The highest BCUT2D eigenvalue weighted by molar-refractivity contribution is 5.51. The summed E-state index contributed by atoms with van der Waals surface area (Å²) in [4.78, 5) is 2.54. The molecule has 0 N–H and O–H groups in total. The van der Waals surface area contributed by atoms with Crippen molar-refractivity contribution in [2.75, 3.05) is 33.9 Å². The SMILES string of the molecule is COc1cccc(C2Cc3cc(OC)ccc3C2c2ccc(OC[C@H](C)N3CCC(C)C3)cc2)c1. The summed E-state index contributed by atoms with van der Waals surface area (Å²) in [6, 6.07) is 24.2. The average molecular weight is 472 g/mol. The molecule has 0 radical (unpaired) electrons. The largest absolute Gasteiger partial charge is 0.497 e. The lowest BCUT2D eigenvalue weighted by molar-refractivity contribution is 0.169. The van der Waals surface area contributed by atoms with Crippen LogP contribution in [0.15, 0.2) is 66.7 Å². The molecule has 1 saturated heterocycles. The van der Waals surface area contributed by atoms with E-state index in [9.17, 15) is 0 Å². The zero-order chi connectivity index (χ0) is 24.4.